The maximum Gasteiger partial charge on any atom is 0.490 e. The largest absolute Gasteiger partial charge is 0.490 e. The zero-order valence-electron chi connectivity index (χ0n) is 19.7. The second-order valence-corrected chi connectivity index (χ2v) is 9.23. The first-order chi connectivity index (χ1) is 16.4. The number of fused-ring (bicyclic) bond motifs is 1. The highest BCUT2D eigenvalue weighted by Crippen LogP contribution is 2.33. The standard InChI is InChI=1S/C22H27N5O.C2HF3O2/c1-22(2,3)25-21(28)19-17-10-5-7-14-27(17)20(24-19)18-11-8-13-26(18)15-16-9-4-6-12-23-16;3-2(4,5)1(6)7/h4-7,9-10,12,14,18H,8,11,13,15H2,1-3H3,(H,25,28);(H,6,7). The number of carboxylic acid groups (broad SMARTS) is 1. The first-order valence-corrected chi connectivity index (χ1v) is 11.1. The van der Waals surface area contributed by atoms with Gasteiger partial charge in [0.15, 0.2) is 5.69 Å². The number of pyridine rings is 2. The van der Waals surface area contributed by atoms with E-state index in [1.54, 1.807) is 0 Å². The number of imidazole rings is 1. The molecule has 1 unspecified atom stereocenters. The highest BCUT2D eigenvalue weighted by atomic mass is 19.4. The summed E-state index contributed by atoms with van der Waals surface area (Å²) >= 11 is 0. The molecule has 0 saturated carbocycles. The Balaban J connectivity index is 0.000000429. The molecule has 188 valence electrons. The third kappa shape index (κ3) is 6.78. The Labute approximate surface area is 200 Å². The smallest absolute Gasteiger partial charge is 0.475 e. The molecular weight excluding hydrogens is 463 g/mol. The van der Waals surface area contributed by atoms with Crippen molar-refractivity contribution in [3.8, 4) is 0 Å². The van der Waals surface area contributed by atoms with E-state index in [1.165, 1.54) is 0 Å². The van der Waals surface area contributed by atoms with Gasteiger partial charge in [0.05, 0.1) is 17.3 Å². The summed E-state index contributed by atoms with van der Waals surface area (Å²) in [7, 11) is 0. The molecule has 1 aliphatic heterocycles. The Bertz CT molecular complexity index is 1170. The van der Waals surface area contributed by atoms with Gasteiger partial charge in [-0.1, -0.05) is 12.1 Å². The molecule has 0 bridgehead atoms. The van der Waals surface area contributed by atoms with Crippen molar-refractivity contribution in [1.29, 1.82) is 0 Å². The number of carbonyl (C=O) groups is 2. The van der Waals surface area contributed by atoms with Crippen molar-refractivity contribution in [1.82, 2.24) is 24.6 Å². The number of nitrogens with zero attached hydrogens (tertiary/aromatic N) is 4. The Hall–Kier alpha value is -3.47. The molecule has 1 aliphatic rings. The summed E-state index contributed by atoms with van der Waals surface area (Å²) in [5, 5.41) is 10.2. The lowest BCUT2D eigenvalue weighted by Gasteiger charge is -2.23. The Kier molecular flexibility index (Phi) is 7.79. The van der Waals surface area contributed by atoms with E-state index in [0.29, 0.717) is 5.69 Å². The van der Waals surface area contributed by atoms with E-state index in [1.807, 2.05) is 63.5 Å². The maximum atomic E-state index is 12.9. The average molecular weight is 492 g/mol. The molecule has 1 saturated heterocycles. The van der Waals surface area contributed by atoms with Gasteiger partial charge < -0.3 is 14.8 Å². The summed E-state index contributed by atoms with van der Waals surface area (Å²) in [5.74, 6) is -1.95. The Morgan fingerprint density at radius 3 is 2.43 bits per heavy atom. The summed E-state index contributed by atoms with van der Waals surface area (Å²) in [6.07, 6.45) is 0.896. The fourth-order valence-corrected chi connectivity index (χ4v) is 3.87. The number of nitrogens with one attached hydrogen (secondary N) is 1. The second-order valence-electron chi connectivity index (χ2n) is 9.23. The van der Waals surface area contributed by atoms with E-state index in [9.17, 15) is 18.0 Å². The van der Waals surface area contributed by atoms with Crippen LogP contribution < -0.4 is 5.32 Å². The quantitative estimate of drug-likeness (QED) is 0.567. The van der Waals surface area contributed by atoms with Crippen LogP contribution in [-0.2, 0) is 11.3 Å². The molecule has 1 amide bonds. The van der Waals surface area contributed by atoms with Crippen molar-refractivity contribution in [2.24, 2.45) is 0 Å². The number of carbonyl (C=O) groups excluding carboxylic acids is 1. The van der Waals surface area contributed by atoms with Gasteiger partial charge in [-0.2, -0.15) is 13.2 Å². The molecule has 35 heavy (non-hydrogen) atoms. The Morgan fingerprint density at radius 2 is 1.83 bits per heavy atom. The highest BCUT2D eigenvalue weighted by Gasteiger charge is 2.38. The topological polar surface area (TPSA) is 99.8 Å². The van der Waals surface area contributed by atoms with Crippen LogP contribution >= 0.6 is 0 Å². The van der Waals surface area contributed by atoms with Gasteiger partial charge in [0.2, 0.25) is 0 Å². The molecule has 0 radical (unpaired) electrons. The predicted molar refractivity (Wildman–Crippen MR) is 123 cm³/mol. The summed E-state index contributed by atoms with van der Waals surface area (Å²) in [4.78, 5) is 33.5. The van der Waals surface area contributed by atoms with Gasteiger partial charge in [-0.15, -0.1) is 0 Å². The van der Waals surface area contributed by atoms with E-state index in [4.69, 9.17) is 14.9 Å². The van der Waals surface area contributed by atoms with Crippen LogP contribution in [0.25, 0.3) is 5.52 Å². The molecule has 2 N–H and O–H groups in total. The average Bonchev–Trinajstić information content (AvgIpc) is 3.37. The molecular formula is C24H28F3N5O3. The van der Waals surface area contributed by atoms with Crippen molar-refractivity contribution < 1.29 is 27.9 Å². The first kappa shape index (κ1) is 26.1. The SMILES string of the molecule is CC(C)(C)NC(=O)c1nc(C2CCCN2Cc2ccccn2)n2ccccc12.O=C(O)C(F)(F)F. The molecule has 3 aromatic heterocycles. The number of aromatic nitrogens is 3. The minimum absolute atomic E-state index is 0.128. The molecule has 1 atom stereocenters. The van der Waals surface area contributed by atoms with E-state index in [2.05, 4.69) is 25.7 Å². The summed E-state index contributed by atoms with van der Waals surface area (Å²) in [5.41, 5.74) is 2.10. The highest BCUT2D eigenvalue weighted by molar-refractivity contribution is 5.99. The summed E-state index contributed by atoms with van der Waals surface area (Å²) in [6, 6.07) is 12.1. The normalized spacial score (nSPS) is 16.6. The molecule has 0 aliphatic carbocycles. The minimum Gasteiger partial charge on any atom is -0.475 e. The number of hydrogen-bond donors (Lipinski definition) is 2. The van der Waals surface area contributed by atoms with Gasteiger partial charge in [-0.3, -0.25) is 14.7 Å². The van der Waals surface area contributed by atoms with E-state index < -0.39 is 12.1 Å². The maximum absolute atomic E-state index is 12.9. The summed E-state index contributed by atoms with van der Waals surface area (Å²) in [6.45, 7) is 7.74. The molecule has 0 aromatic carbocycles. The molecule has 3 aromatic rings. The first-order valence-electron chi connectivity index (χ1n) is 11.1. The van der Waals surface area contributed by atoms with E-state index >= 15 is 0 Å². The van der Waals surface area contributed by atoms with Crippen LogP contribution in [0.3, 0.4) is 0 Å². The number of amides is 1. The minimum atomic E-state index is -5.08. The molecule has 8 nitrogen and oxygen atoms in total. The van der Waals surface area contributed by atoms with Crippen LogP contribution in [0, 0.1) is 0 Å². The van der Waals surface area contributed by atoms with Gasteiger partial charge in [-0.25, -0.2) is 9.78 Å². The number of halogens is 3. The van der Waals surface area contributed by atoms with Crippen LogP contribution in [0.15, 0.2) is 48.8 Å². The molecule has 1 fully saturated rings. The molecule has 0 spiro atoms. The van der Waals surface area contributed by atoms with Crippen LogP contribution in [0.1, 0.15) is 61.7 Å². The van der Waals surface area contributed by atoms with Crippen molar-refractivity contribution in [2.75, 3.05) is 6.54 Å². The van der Waals surface area contributed by atoms with Gasteiger partial charge in [0.1, 0.15) is 5.82 Å². The number of aliphatic carboxylic acids is 1. The van der Waals surface area contributed by atoms with Crippen molar-refractivity contribution in [3.05, 3.63) is 66.0 Å². The van der Waals surface area contributed by atoms with Crippen LogP contribution in [0.5, 0.6) is 0 Å². The lowest BCUT2D eigenvalue weighted by atomic mass is 10.1. The van der Waals surface area contributed by atoms with Crippen LogP contribution in [0.4, 0.5) is 13.2 Å². The van der Waals surface area contributed by atoms with Gasteiger partial charge >= 0.3 is 12.1 Å². The fourth-order valence-electron chi connectivity index (χ4n) is 3.87. The Morgan fingerprint density at radius 1 is 1.14 bits per heavy atom. The number of likely N-dealkylation sites (tertiary alicyclic amines) is 1. The zero-order valence-corrected chi connectivity index (χ0v) is 19.7. The van der Waals surface area contributed by atoms with Crippen molar-refractivity contribution >= 4 is 17.4 Å². The monoisotopic (exact) mass is 491 g/mol. The third-order valence-corrected chi connectivity index (χ3v) is 5.27. The molecule has 4 rings (SSSR count). The number of alkyl halides is 3. The number of rotatable bonds is 4. The number of hydrogen-bond acceptors (Lipinski definition) is 5. The predicted octanol–water partition coefficient (Wildman–Crippen LogP) is 4.23. The van der Waals surface area contributed by atoms with Crippen LogP contribution in [0.2, 0.25) is 0 Å². The molecule has 4 heterocycles. The molecule has 11 heteroatoms. The van der Waals surface area contributed by atoms with Crippen molar-refractivity contribution in [3.63, 3.8) is 0 Å². The lowest BCUT2D eigenvalue weighted by Crippen LogP contribution is -2.40. The second kappa shape index (κ2) is 10.4. The fraction of sp³-hybridized carbons (Fsp3) is 0.417. The lowest BCUT2D eigenvalue weighted by molar-refractivity contribution is -0.192. The van der Waals surface area contributed by atoms with Gasteiger partial charge in [-0.05, 0) is 64.4 Å². The number of carboxylic acids is 1. The van der Waals surface area contributed by atoms with E-state index in [0.717, 1.165) is 43.0 Å². The zero-order chi connectivity index (χ0) is 25.8. The van der Waals surface area contributed by atoms with E-state index in [-0.39, 0.29) is 17.5 Å². The van der Waals surface area contributed by atoms with Gasteiger partial charge in [0, 0.05) is 24.5 Å². The van der Waals surface area contributed by atoms with Gasteiger partial charge in [0.25, 0.3) is 5.91 Å². The van der Waals surface area contributed by atoms with Crippen LogP contribution in [-0.4, -0.2) is 54.5 Å². The third-order valence-electron chi connectivity index (χ3n) is 5.27. The van der Waals surface area contributed by atoms with Crippen molar-refractivity contribution in [2.45, 2.75) is 57.9 Å². The summed E-state index contributed by atoms with van der Waals surface area (Å²) < 4.78 is 33.8.